The number of unbranched alkanes of at least 4 members (excludes halogenated alkanes) is 8. The Bertz CT molecular complexity index is 1270. The zero-order valence-corrected chi connectivity index (χ0v) is 24.5. The predicted molar refractivity (Wildman–Crippen MR) is 166 cm³/mol. The zero-order chi connectivity index (χ0) is 31.8. The molecule has 0 aliphatic heterocycles. The maximum absolute atomic E-state index is 12.7. The number of hydrogen-bond acceptors (Lipinski definition) is 5. The van der Waals surface area contributed by atoms with Gasteiger partial charge in [-0.2, -0.15) is 0 Å². The minimum Gasteiger partial charge on any atom is -0.494 e. The lowest BCUT2D eigenvalue weighted by atomic mass is 10.0. The second kappa shape index (κ2) is 18.0. The van der Waals surface area contributed by atoms with Crippen LogP contribution < -0.4 is 9.47 Å². The first-order chi connectivity index (χ1) is 21.2. The third kappa shape index (κ3) is 11.4. The molecule has 0 heterocycles. The highest BCUT2D eigenvalue weighted by atomic mass is 16.5. The molecule has 0 fully saturated rings. The smallest absolute Gasteiger partial charge is 0.343 e. The third-order valence-corrected chi connectivity index (χ3v) is 6.94. The van der Waals surface area contributed by atoms with Crippen LogP contribution in [0.15, 0.2) is 72.8 Å². The molecule has 0 spiro atoms. The van der Waals surface area contributed by atoms with Crippen LogP contribution in [0, 0.1) is 0 Å². The summed E-state index contributed by atoms with van der Waals surface area (Å²) in [4.78, 5) is 25.4. The van der Waals surface area contributed by atoms with Gasteiger partial charge in [-0.25, -0.2) is 9.59 Å². The van der Waals surface area contributed by atoms with E-state index in [-0.39, 0.29) is 17.7 Å². The zero-order valence-electron chi connectivity index (χ0n) is 27.5. The fourth-order valence-corrected chi connectivity index (χ4v) is 4.45. The van der Waals surface area contributed by atoms with E-state index in [4.69, 9.17) is 18.3 Å². The summed E-state index contributed by atoms with van der Waals surface area (Å²) in [6, 6.07) is 21.0. The van der Waals surface area contributed by atoms with Crippen LogP contribution in [-0.2, 0) is 4.74 Å². The van der Waals surface area contributed by atoms with E-state index in [0.717, 1.165) is 49.2 Å². The van der Waals surface area contributed by atoms with Crippen molar-refractivity contribution in [1.29, 1.82) is 0 Å². The van der Waals surface area contributed by atoms with Crippen molar-refractivity contribution in [3.05, 3.63) is 83.9 Å². The Kier molecular flexibility index (Phi) is 12.1. The van der Waals surface area contributed by atoms with Crippen molar-refractivity contribution >= 4 is 11.9 Å². The van der Waals surface area contributed by atoms with Gasteiger partial charge >= 0.3 is 11.9 Å². The van der Waals surface area contributed by atoms with E-state index in [0.29, 0.717) is 12.0 Å². The number of esters is 2. The van der Waals surface area contributed by atoms with Gasteiger partial charge < -0.3 is 14.2 Å². The summed E-state index contributed by atoms with van der Waals surface area (Å²) in [5.74, 6) is -0.132. The molecule has 5 heteroatoms. The van der Waals surface area contributed by atoms with Crippen LogP contribution in [0.4, 0.5) is 0 Å². The van der Waals surface area contributed by atoms with Crippen molar-refractivity contribution in [3.63, 3.8) is 0 Å². The summed E-state index contributed by atoms with van der Waals surface area (Å²) >= 11 is 0. The molecule has 1 atom stereocenters. The summed E-state index contributed by atoms with van der Waals surface area (Å²) in [5.41, 5.74) is 2.56. The molecule has 0 saturated carbocycles. The Hall–Kier alpha value is -3.60. The third-order valence-electron chi connectivity index (χ3n) is 6.94. The quantitative estimate of drug-likeness (QED) is 0.0878. The Balaban J connectivity index is 1.49. The molecule has 0 bridgehead atoms. The Morgan fingerprint density at radius 3 is 1.78 bits per heavy atom. The van der Waals surface area contributed by atoms with Gasteiger partial charge in [0.25, 0.3) is 0 Å². The number of carbonyl (C=O) groups excluding carboxylic acids is 2. The van der Waals surface area contributed by atoms with Gasteiger partial charge in [-0.3, -0.25) is 0 Å². The minimum atomic E-state index is -2.39. The molecule has 220 valence electrons. The highest BCUT2D eigenvalue weighted by Gasteiger charge is 2.14. The van der Waals surface area contributed by atoms with Gasteiger partial charge in [0.2, 0.25) is 0 Å². The first-order valence-corrected chi connectivity index (χ1v) is 15.1. The van der Waals surface area contributed by atoms with E-state index in [2.05, 4.69) is 13.8 Å². The van der Waals surface area contributed by atoms with E-state index in [1.54, 1.807) is 12.1 Å². The van der Waals surface area contributed by atoms with Gasteiger partial charge in [0.05, 0.1) is 23.8 Å². The van der Waals surface area contributed by atoms with Crippen molar-refractivity contribution in [2.75, 3.05) is 6.61 Å². The Morgan fingerprint density at radius 2 is 1.15 bits per heavy atom. The van der Waals surface area contributed by atoms with Crippen LogP contribution in [0.1, 0.15) is 116 Å². The van der Waals surface area contributed by atoms with Gasteiger partial charge in [-0.1, -0.05) is 89.5 Å². The molecule has 0 radical (unpaired) electrons. The van der Waals surface area contributed by atoms with Crippen LogP contribution in [0.3, 0.4) is 0 Å². The first-order valence-electron chi connectivity index (χ1n) is 16.6. The van der Waals surface area contributed by atoms with Crippen LogP contribution in [-0.4, -0.2) is 24.6 Å². The number of benzene rings is 3. The van der Waals surface area contributed by atoms with Crippen LogP contribution in [0.5, 0.6) is 11.5 Å². The van der Waals surface area contributed by atoms with Crippen molar-refractivity contribution in [2.45, 2.75) is 97.4 Å². The molecular weight excluding hydrogens is 512 g/mol. The van der Waals surface area contributed by atoms with Gasteiger partial charge in [-0.05, 0) is 85.8 Å². The normalized spacial score (nSPS) is 13.0. The van der Waals surface area contributed by atoms with Gasteiger partial charge in [0, 0.05) is 4.11 Å². The topological polar surface area (TPSA) is 61.8 Å². The van der Waals surface area contributed by atoms with Crippen LogP contribution >= 0.6 is 0 Å². The molecule has 0 aromatic heterocycles. The second-order valence-electron chi connectivity index (χ2n) is 10.4. The van der Waals surface area contributed by atoms with E-state index in [1.807, 2.05) is 36.4 Å². The van der Waals surface area contributed by atoms with Crippen LogP contribution in [0.2, 0.25) is 0 Å². The molecule has 41 heavy (non-hydrogen) atoms. The number of ether oxygens (including phenoxy) is 3. The molecule has 0 saturated heterocycles. The van der Waals surface area contributed by atoms with Gasteiger partial charge in [0.15, 0.2) is 0 Å². The Morgan fingerprint density at radius 1 is 0.634 bits per heavy atom. The lowest BCUT2D eigenvalue weighted by molar-refractivity contribution is 0.0319. The molecule has 0 N–H and O–H groups in total. The lowest BCUT2D eigenvalue weighted by Gasteiger charge is -2.13. The SMILES string of the molecule is [2H]C([2H])([2H])[C@H](CCCCCC)OC(=O)c1ccc(OC(=O)c2ccc(-c3ccc(OCCCCCCCC)cc3)cc2)cc1. The molecule has 0 unspecified atom stereocenters. The second-order valence-corrected chi connectivity index (χ2v) is 10.4. The first kappa shape index (κ1) is 27.6. The van der Waals surface area contributed by atoms with E-state index in [1.165, 1.54) is 56.4 Å². The van der Waals surface area contributed by atoms with E-state index >= 15 is 0 Å². The molecule has 3 aromatic rings. The molecule has 3 aromatic carbocycles. The summed E-state index contributed by atoms with van der Waals surface area (Å²) in [7, 11) is 0. The highest BCUT2D eigenvalue weighted by molar-refractivity contribution is 5.92. The fraction of sp³-hybridized carbons (Fsp3) is 0.444. The standard InChI is InChI=1S/C36H46O5/c1-4-6-8-10-11-13-27-39-33-23-19-30(20-24-33)29-15-17-31(18-16-29)36(38)41-34-25-21-32(22-26-34)35(37)40-28(3)14-12-9-7-5-2/h15-26,28H,4-14,27H2,1-3H3/t28-/m1/s1/i3D3. The van der Waals surface area contributed by atoms with Crippen LogP contribution in [0.25, 0.3) is 11.1 Å². The molecule has 0 aliphatic carbocycles. The van der Waals surface area contributed by atoms with E-state index in [9.17, 15) is 9.59 Å². The molecule has 0 amide bonds. The molecular formula is C36H46O5. The summed E-state index contributed by atoms with van der Waals surface area (Å²) in [6.07, 6.45) is 10.1. The summed E-state index contributed by atoms with van der Waals surface area (Å²) in [5, 5.41) is 0. The Labute approximate surface area is 250 Å². The van der Waals surface area contributed by atoms with Gasteiger partial charge in [-0.15, -0.1) is 0 Å². The largest absolute Gasteiger partial charge is 0.494 e. The van der Waals surface area contributed by atoms with Gasteiger partial charge in [0.1, 0.15) is 11.5 Å². The predicted octanol–water partition coefficient (Wildman–Crippen LogP) is 9.83. The summed E-state index contributed by atoms with van der Waals surface area (Å²) < 4.78 is 39.9. The monoisotopic (exact) mass is 561 g/mol. The molecule has 3 rings (SSSR count). The average Bonchev–Trinajstić information content (AvgIpc) is 3.02. The number of hydrogen-bond donors (Lipinski definition) is 0. The molecule has 0 aliphatic rings. The van der Waals surface area contributed by atoms with Crippen molar-refractivity contribution in [3.8, 4) is 22.6 Å². The average molecular weight is 562 g/mol. The fourth-order valence-electron chi connectivity index (χ4n) is 4.45. The minimum absolute atomic E-state index is 0.191. The maximum atomic E-state index is 12.7. The lowest BCUT2D eigenvalue weighted by Crippen LogP contribution is -2.15. The summed E-state index contributed by atoms with van der Waals surface area (Å²) in [6.45, 7) is 2.63. The van der Waals surface area contributed by atoms with Crippen molar-refractivity contribution < 1.29 is 27.9 Å². The van der Waals surface area contributed by atoms with Crippen molar-refractivity contribution in [1.82, 2.24) is 0 Å². The highest BCUT2D eigenvalue weighted by Crippen LogP contribution is 2.24. The number of carbonyl (C=O) groups is 2. The molecule has 5 nitrogen and oxygen atoms in total. The maximum Gasteiger partial charge on any atom is 0.343 e. The van der Waals surface area contributed by atoms with E-state index < -0.39 is 24.9 Å². The number of rotatable bonds is 18. The van der Waals surface area contributed by atoms with Crippen molar-refractivity contribution in [2.24, 2.45) is 0 Å².